The molecule has 1 aromatic heterocycles. The van der Waals surface area contributed by atoms with Crippen LogP contribution < -0.4 is 14.4 Å². The van der Waals surface area contributed by atoms with Crippen LogP contribution in [0, 0.1) is 5.92 Å². The molecule has 29 heavy (non-hydrogen) atoms. The molecule has 0 saturated carbocycles. The van der Waals surface area contributed by atoms with Crippen molar-refractivity contribution in [2.75, 3.05) is 38.8 Å². The monoisotopic (exact) mass is 396 g/mol. The molecule has 7 nitrogen and oxygen atoms in total. The molecule has 1 amide bonds. The topological polar surface area (TPSA) is 67.8 Å². The highest BCUT2D eigenvalue weighted by Crippen LogP contribution is 2.34. The van der Waals surface area contributed by atoms with Crippen molar-refractivity contribution in [3.8, 4) is 11.5 Å². The fourth-order valence-electron chi connectivity index (χ4n) is 4.25. The highest BCUT2D eigenvalue weighted by molar-refractivity contribution is 5.93. The van der Waals surface area contributed by atoms with Gasteiger partial charge in [-0.1, -0.05) is 6.92 Å². The van der Waals surface area contributed by atoms with Gasteiger partial charge < -0.3 is 19.3 Å². The molecule has 0 radical (unpaired) electrons. The second kappa shape index (κ2) is 8.27. The first kappa shape index (κ1) is 19.5. The predicted octanol–water partition coefficient (Wildman–Crippen LogP) is 2.93. The Hall–Kier alpha value is -2.83. The van der Waals surface area contributed by atoms with Crippen LogP contribution in [0.1, 0.15) is 41.4 Å². The summed E-state index contributed by atoms with van der Waals surface area (Å²) in [6.07, 6.45) is 4.62. The van der Waals surface area contributed by atoms with Crippen molar-refractivity contribution in [3.63, 3.8) is 0 Å². The van der Waals surface area contributed by atoms with Crippen LogP contribution in [0.3, 0.4) is 0 Å². The summed E-state index contributed by atoms with van der Waals surface area (Å²) in [6, 6.07) is 5.91. The fourth-order valence-corrected chi connectivity index (χ4v) is 4.25. The van der Waals surface area contributed by atoms with E-state index in [1.807, 2.05) is 17.0 Å². The number of amides is 1. The number of fused-ring (bicyclic) bond motifs is 1. The number of ether oxygens (including phenoxy) is 2. The SMILES string of the molecule is COc1cc2c(cc1OC)CN(c1cc(C(=O)N3CCCC(C)C3)ncn1)CC2. The van der Waals surface area contributed by atoms with Gasteiger partial charge in [0.25, 0.3) is 5.91 Å². The maximum absolute atomic E-state index is 12.9. The number of hydrogen-bond donors (Lipinski definition) is 0. The maximum atomic E-state index is 12.9. The van der Waals surface area contributed by atoms with E-state index in [2.05, 4.69) is 27.9 Å². The van der Waals surface area contributed by atoms with Crippen LogP contribution >= 0.6 is 0 Å². The summed E-state index contributed by atoms with van der Waals surface area (Å²) in [5.74, 6) is 2.81. The molecule has 0 aliphatic carbocycles. The second-order valence-electron chi connectivity index (χ2n) is 7.91. The summed E-state index contributed by atoms with van der Waals surface area (Å²) in [4.78, 5) is 25.7. The van der Waals surface area contributed by atoms with Crippen molar-refractivity contribution in [1.82, 2.24) is 14.9 Å². The quantitative estimate of drug-likeness (QED) is 0.792. The van der Waals surface area contributed by atoms with Gasteiger partial charge in [0.15, 0.2) is 11.5 Å². The van der Waals surface area contributed by atoms with Crippen LogP contribution in [-0.4, -0.2) is 54.6 Å². The van der Waals surface area contributed by atoms with Crippen LogP contribution in [0.2, 0.25) is 0 Å². The van der Waals surface area contributed by atoms with Crippen LogP contribution in [-0.2, 0) is 13.0 Å². The molecule has 0 N–H and O–H groups in total. The molecule has 1 atom stereocenters. The Morgan fingerprint density at radius 1 is 1.07 bits per heavy atom. The molecule has 1 aromatic carbocycles. The summed E-state index contributed by atoms with van der Waals surface area (Å²) in [5, 5.41) is 0. The lowest BCUT2D eigenvalue weighted by Gasteiger charge is -2.32. The summed E-state index contributed by atoms with van der Waals surface area (Å²) < 4.78 is 10.9. The Balaban J connectivity index is 1.54. The molecular formula is C22H28N4O3. The number of carbonyl (C=O) groups excluding carboxylic acids is 1. The standard InChI is InChI=1S/C22H28N4O3/c1-15-5-4-7-26(12-15)22(27)18-11-21(24-14-23-18)25-8-6-16-9-19(28-2)20(29-3)10-17(16)13-25/h9-11,14-15H,4-8,12-13H2,1-3H3. The lowest BCUT2D eigenvalue weighted by Crippen LogP contribution is -2.39. The predicted molar refractivity (Wildman–Crippen MR) is 111 cm³/mol. The van der Waals surface area contributed by atoms with Gasteiger partial charge >= 0.3 is 0 Å². The molecule has 0 spiro atoms. The van der Waals surface area contributed by atoms with E-state index in [1.165, 1.54) is 23.9 Å². The minimum Gasteiger partial charge on any atom is -0.493 e. The van der Waals surface area contributed by atoms with Crippen molar-refractivity contribution < 1.29 is 14.3 Å². The molecule has 154 valence electrons. The molecule has 0 bridgehead atoms. The third kappa shape index (κ3) is 3.99. The largest absolute Gasteiger partial charge is 0.493 e. The summed E-state index contributed by atoms with van der Waals surface area (Å²) >= 11 is 0. The third-order valence-corrected chi connectivity index (χ3v) is 5.86. The number of carbonyl (C=O) groups is 1. The van der Waals surface area contributed by atoms with Gasteiger partial charge in [-0.05, 0) is 48.4 Å². The number of hydrogen-bond acceptors (Lipinski definition) is 6. The third-order valence-electron chi connectivity index (χ3n) is 5.86. The number of rotatable bonds is 4. The summed E-state index contributed by atoms with van der Waals surface area (Å²) in [5.41, 5.74) is 2.92. The molecular weight excluding hydrogens is 368 g/mol. The van der Waals surface area contributed by atoms with Crippen LogP contribution in [0.25, 0.3) is 0 Å². The van der Waals surface area contributed by atoms with Gasteiger partial charge in [0.2, 0.25) is 0 Å². The molecule has 2 aliphatic rings. The van der Waals surface area contributed by atoms with E-state index in [0.29, 0.717) is 18.2 Å². The minimum atomic E-state index is 0.00372. The number of nitrogens with zero attached hydrogens (tertiary/aromatic N) is 4. The van der Waals surface area contributed by atoms with E-state index in [-0.39, 0.29) is 5.91 Å². The average molecular weight is 396 g/mol. The zero-order chi connectivity index (χ0) is 20.4. The number of likely N-dealkylation sites (tertiary alicyclic amines) is 1. The molecule has 1 unspecified atom stereocenters. The molecule has 1 saturated heterocycles. The van der Waals surface area contributed by atoms with Crippen LogP contribution in [0.5, 0.6) is 11.5 Å². The van der Waals surface area contributed by atoms with Gasteiger partial charge in [-0.3, -0.25) is 4.79 Å². The van der Waals surface area contributed by atoms with Crippen molar-refractivity contribution in [3.05, 3.63) is 41.3 Å². The van der Waals surface area contributed by atoms with E-state index >= 15 is 0 Å². The normalized spacial score (nSPS) is 18.9. The van der Waals surface area contributed by atoms with Crippen molar-refractivity contribution >= 4 is 11.7 Å². The highest BCUT2D eigenvalue weighted by atomic mass is 16.5. The molecule has 3 heterocycles. The van der Waals surface area contributed by atoms with E-state index in [0.717, 1.165) is 49.8 Å². The van der Waals surface area contributed by atoms with Gasteiger partial charge in [-0.25, -0.2) is 9.97 Å². The fraction of sp³-hybridized carbons (Fsp3) is 0.500. The van der Waals surface area contributed by atoms with Crippen molar-refractivity contribution in [2.45, 2.75) is 32.7 Å². The van der Waals surface area contributed by atoms with E-state index < -0.39 is 0 Å². The number of anilines is 1. The second-order valence-corrected chi connectivity index (χ2v) is 7.91. The highest BCUT2D eigenvalue weighted by Gasteiger charge is 2.25. The molecule has 1 fully saturated rings. The first-order valence-electron chi connectivity index (χ1n) is 10.2. The van der Waals surface area contributed by atoms with Gasteiger partial charge in [0, 0.05) is 32.2 Å². The summed E-state index contributed by atoms with van der Waals surface area (Å²) in [6.45, 7) is 5.34. The van der Waals surface area contributed by atoms with Crippen molar-refractivity contribution in [1.29, 1.82) is 0 Å². The number of benzene rings is 1. The van der Waals surface area contributed by atoms with Crippen LogP contribution in [0.4, 0.5) is 5.82 Å². The zero-order valence-electron chi connectivity index (χ0n) is 17.4. The number of aromatic nitrogens is 2. The Morgan fingerprint density at radius 2 is 1.83 bits per heavy atom. The van der Waals surface area contributed by atoms with E-state index in [9.17, 15) is 4.79 Å². The lowest BCUT2D eigenvalue weighted by atomic mass is 9.98. The Labute approximate surface area is 171 Å². The zero-order valence-corrected chi connectivity index (χ0v) is 17.4. The molecule has 2 aromatic rings. The van der Waals surface area contributed by atoms with Crippen LogP contribution in [0.15, 0.2) is 24.5 Å². The Bertz CT molecular complexity index is 902. The number of piperidine rings is 1. The first-order valence-corrected chi connectivity index (χ1v) is 10.2. The number of methoxy groups -OCH3 is 2. The molecule has 4 rings (SSSR count). The van der Waals surface area contributed by atoms with Gasteiger partial charge in [-0.2, -0.15) is 0 Å². The van der Waals surface area contributed by atoms with Crippen molar-refractivity contribution in [2.24, 2.45) is 5.92 Å². The summed E-state index contributed by atoms with van der Waals surface area (Å²) in [7, 11) is 3.30. The maximum Gasteiger partial charge on any atom is 0.272 e. The Morgan fingerprint density at radius 3 is 2.55 bits per heavy atom. The smallest absolute Gasteiger partial charge is 0.272 e. The Kier molecular flexibility index (Phi) is 5.56. The molecule has 2 aliphatic heterocycles. The van der Waals surface area contributed by atoms with E-state index in [4.69, 9.17) is 9.47 Å². The van der Waals surface area contributed by atoms with Gasteiger partial charge in [-0.15, -0.1) is 0 Å². The molecule has 7 heteroatoms. The van der Waals surface area contributed by atoms with Gasteiger partial charge in [0.1, 0.15) is 17.8 Å². The average Bonchev–Trinajstić information content (AvgIpc) is 2.77. The minimum absolute atomic E-state index is 0.00372. The lowest BCUT2D eigenvalue weighted by molar-refractivity contribution is 0.0677. The van der Waals surface area contributed by atoms with Gasteiger partial charge in [0.05, 0.1) is 14.2 Å². The first-order chi connectivity index (χ1) is 14.1. The van der Waals surface area contributed by atoms with E-state index in [1.54, 1.807) is 14.2 Å².